The van der Waals surface area contributed by atoms with Gasteiger partial charge in [-0.1, -0.05) is 53.5 Å². The first-order valence-corrected chi connectivity index (χ1v) is 10.7. The molecule has 0 aliphatic carbocycles. The van der Waals surface area contributed by atoms with Gasteiger partial charge in [0.05, 0.1) is 5.69 Å². The molecule has 0 spiro atoms. The molecule has 3 aromatic carbocycles. The average Bonchev–Trinajstić information content (AvgIpc) is 2.79. The first kappa shape index (κ1) is 22.6. The lowest BCUT2D eigenvalue weighted by Crippen LogP contribution is -2.54. The van der Waals surface area contributed by atoms with Crippen LogP contribution in [0.2, 0.25) is 10.0 Å². The lowest BCUT2D eigenvalue weighted by Gasteiger charge is -2.26. The largest absolute Gasteiger partial charge is 0.489 e. The van der Waals surface area contributed by atoms with E-state index in [4.69, 9.17) is 27.9 Å². The quantitative estimate of drug-likeness (QED) is 0.383. The van der Waals surface area contributed by atoms with Gasteiger partial charge in [0.15, 0.2) is 0 Å². The van der Waals surface area contributed by atoms with E-state index in [0.717, 1.165) is 16.0 Å². The molecule has 1 heterocycles. The van der Waals surface area contributed by atoms with Crippen LogP contribution < -0.4 is 15.0 Å². The molecule has 1 saturated heterocycles. The maximum atomic E-state index is 13.0. The third-order valence-electron chi connectivity index (χ3n) is 5.03. The molecule has 33 heavy (non-hydrogen) atoms. The van der Waals surface area contributed by atoms with Gasteiger partial charge in [-0.05, 0) is 66.1 Å². The molecule has 1 aliphatic rings. The lowest BCUT2D eigenvalue weighted by molar-refractivity contribution is -0.122. The molecule has 3 aromatic rings. The number of halogens is 2. The predicted molar refractivity (Wildman–Crippen MR) is 127 cm³/mol. The van der Waals surface area contributed by atoms with Gasteiger partial charge in [0.25, 0.3) is 11.8 Å². The van der Waals surface area contributed by atoms with Crippen LogP contribution in [0.15, 0.2) is 72.3 Å². The van der Waals surface area contributed by atoms with Crippen LogP contribution in [0.5, 0.6) is 5.75 Å². The summed E-state index contributed by atoms with van der Waals surface area (Å²) in [6, 6.07) is 18.2. The first-order chi connectivity index (χ1) is 15.8. The lowest BCUT2D eigenvalue weighted by atomic mass is 10.1. The van der Waals surface area contributed by atoms with Crippen LogP contribution >= 0.6 is 23.2 Å². The zero-order chi connectivity index (χ0) is 23.5. The van der Waals surface area contributed by atoms with Gasteiger partial charge in [0.2, 0.25) is 0 Å². The Balaban J connectivity index is 1.52. The number of rotatable bonds is 5. The molecule has 0 radical (unpaired) electrons. The van der Waals surface area contributed by atoms with Gasteiger partial charge in [0.1, 0.15) is 17.9 Å². The number of ether oxygens (including phenoxy) is 1. The highest BCUT2D eigenvalue weighted by molar-refractivity contribution is 6.39. The van der Waals surface area contributed by atoms with E-state index in [1.54, 1.807) is 48.5 Å². The molecule has 0 atom stereocenters. The number of carbonyl (C=O) groups is 3. The van der Waals surface area contributed by atoms with Crippen molar-refractivity contribution in [3.05, 3.63) is 99.0 Å². The third-order valence-corrected chi connectivity index (χ3v) is 5.68. The molecule has 166 valence electrons. The van der Waals surface area contributed by atoms with Gasteiger partial charge < -0.3 is 4.74 Å². The second-order valence-corrected chi connectivity index (χ2v) is 8.22. The van der Waals surface area contributed by atoms with E-state index in [0.29, 0.717) is 28.0 Å². The van der Waals surface area contributed by atoms with Crippen LogP contribution in [0, 0.1) is 6.92 Å². The van der Waals surface area contributed by atoms with Crippen molar-refractivity contribution in [3.8, 4) is 5.75 Å². The van der Waals surface area contributed by atoms with E-state index >= 15 is 0 Å². The molecule has 0 bridgehead atoms. The number of hydrogen-bond donors (Lipinski definition) is 1. The molecule has 1 fully saturated rings. The highest BCUT2D eigenvalue weighted by Gasteiger charge is 2.36. The highest BCUT2D eigenvalue weighted by atomic mass is 35.5. The van der Waals surface area contributed by atoms with Crippen LogP contribution in [0.4, 0.5) is 10.5 Å². The Morgan fingerprint density at radius 3 is 2.30 bits per heavy atom. The van der Waals surface area contributed by atoms with Crippen molar-refractivity contribution in [2.24, 2.45) is 0 Å². The van der Waals surface area contributed by atoms with Gasteiger partial charge in [-0.2, -0.15) is 0 Å². The zero-order valence-electron chi connectivity index (χ0n) is 17.5. The predicted octanol–water partition coefficient (Wildman–Crippen LogP) is 5.55. The Hall–Kier alpha value is -3.61. The smallest absolute Gasteiger partial charge is 0.335 e. The van der Waals surface area contributed by atoms with E-state index in [9.17, 15) is 14.4 Å². The molecule has 6 nitrogen and oxygen atoms in total. The molecule has 1 N–H and O–H groups in total. The van der Waals surface area contributed by atoms with E-state index in [1.165, 1.54) is 12.1 Å². The molecule has 8 heteroatoms. The summed E-state index contributed by atoms with van der Waals surface area (Å²) in [6.45, 7) is 2.18. The zero-order valence-corrected chi connectivity index (χ0v) is 19.0. The van der Waals surface area contributed by atoms with Crippen molar-refractivity contribution in [1.29, 1.82) is 0 Å². The fourth-order valence-corrected chi connectivity index (χ4v) is 3.49. The molecule has 0 unspecified atom stereocenters. The van der Waals surface area contributed by atoms with E-state index < -0.39 is 17.8 Å². The number of aryl methyl sites for hydroxylation is 1. The van der Waals surface area contributed by atoms with Crippen molar-refractivity contribution < 1.29 is 19.1 Å². The maximum Gasteiger partial charge on any atom is 0.335 e. The summed E-state index contributed by atoms with van der Waals surface area (Å²) in [7, 11) is 0. The Morgan fingerprint density at radius 2 is 1.64 bits per heavy atom. The van der Waals surface area contributed by atoms with Gasteiger partial charge in [0, 0.05) is 10.0 Å². The van der Waals surface area contributed by atoms with Gasteiger partial charge in [-0.3, -0.25) is 14.9 Å². The summed E-state index contributed by atoms with van der Waals surface area (Å²) >= 11 is 12.0. The van der Waals surface area contributed by atoms with Crippen LogP contribution in [-0.2, 0) is 16.2 Å². The Bertz CT molecular complexity index is 1270. The maximum absolute atomic E-state index is 13.0. The number of nitrogens with one attached hydrogen (secondary N) is 1. The Morgan fingerprint density at radius 1 is 0.939 bits per heavy atom. The topological polar surface area (TPSA) is 75.7 Å². The van der Waals surface area contributed by atoms with Crippen molar-refractivity contribution in [2.75, 3.05) is 4.90 Å². The summed E-state index contributed by atoms with van der Waals surface area (Å²) < 4.78 is 5.75. The molecular formula is C25H18Cl2N2O4. The molecule has 4 rings (SSSR count). The van der Waals surface area contributed by atoms with Crippen LogP contribution in [-0.4, -0.2) is 17.8 Å². The molecule has 4 amide bonds. The molecule has 0 aromatic heterocycles. The SMILES string of the molecule is Cc1ccc(N2C(=O)NC(=O)/C(=C/c3ccc(OCc4ccc(Cl)cc4)cc3)C2=O)cc1Cl. The number of nitrogens with zero attached hydrogens (tertiary/aromatic N) is 1. The van der Waals surface area contributed by atoms with E-state index in [-0.39, 0.29) is 11.3 Å². The minimum absolute atomic E-state index is 0.166. The minimum atomic E-state index is -0.826. The van der Waals surface area contributed by atoms with Crippen molar-refractivity contribution in [3.63, 3.8) is 0 Å². The van der Waals surface area contributed by atoms with E-state index in [1.807, 2.05) is 19.1 Å². The fraction of sp³-hybridized carbons (Fsp3) is 0.0800. The number of anilines is 1. The monoisotopic (exact) mass is 480 g/mol. The Labute approximate surface area is 200 Å². The number of imide groups is 2. The van der Waals surface area contributed by atoms with Gasteiger partial charge in [-0.15, -0.1) is 0 Å². The first-order valence-electron chi connectivity index (χ1n) is 9.97. The van der Waals surface area contributed by atoms with Crippen LogP contribution in [0.3, 0.4) is 0 Å². The van der Waals surface area contributed by atoms with Crippen LogP contribution in [0.25, 0.3) is 6.08 Å². The molecule has 0 saturated carbocycles. The normalized spacial score (nSPS) is 15.1. The third kappa shape index (κ3) is 5.08. The standard InChI is InChI=1S/C25H18Cl2N2O4/c1-15-2-9-19(13-22(15)27)29-24(31)21(23(30)28-25(29)32)12-16-5-10-20(11-6-16)33-14-17-3-7-18(26)8-4-17/h2-13H,14H2,1H3,(H,28,30,32)/b21-12-. The van der Waals surface area contributed by atoms with Crippen molar-refractivity contribution in [1.82, 2.24) is 5.32 Å². The minimum Gasteiger partial charge on any atom is -0.489 e. The molecule has 1 aliphatic heterocycles. The number of barbiturate groups is 1. The average molecular weight is 481 g/mol. The number of hydrogen-bond acceptors (Lipinski definition) is 4. The fourth-order valence-electron chi connectivity index (χ4n) is 3.19. The number of carbonyl (C=O) groups excluding carboxylic acids is 3. The van der Waals surface area contributed by atoms with Crippen LogP contribution in [0.1, 0.15) is 16.7 Å². The number of benzene rings is 3. The number of amides is 4. The summed E-state index contributed by atoms with van der Waals surface area (Å²) in [5.74, 6) is -0.869. The van der Waals surface area contributed by atoms with Gasteiger partial charge in [-0.25, -0.2) is 9.69 Å². The number of urea groups is 1. The summed E-state index contributed by atoms with van der Waals surface area (Å²) in [4.78, 5) is 38.6. The second-order valence-electron chi connectivity index (χ2n) is 7.38. The Kier molecular flexibility index (Phi) is 6.49. The molecular weight excluding hydrogens is 463 g/mol. The van der Waals surface area contributed by atoms with Gasteiger partial charge >= 0.3 is 6.03 Å². The summed E-state index contributed by atoms with van der Waals surface area (Å²) in [5.41, 5.74) is 2.48. The van der Waals surface area contributed by atoms with Crippen molar-refractivity contribution >= 4 is 52.8 Å². The summed E-state index contributed by atoms with van der Waals surface area (Å²) in [5, 5.41) is 3.26. The highest BCUT2D eigenvalue weighted by Crippen LogP contribution is 2.27. The second kappa shape index (κ2) is 9.48. The van der Waals surface area contributed by atoms with Crippen molar-refractivity contribution in [2.45, 2.75) is 13.5 Å². The summed E-state index contributed by atoms with van der Waals surface area (Å²) in [6.07, 6.45) is 1.43. The van der Waals surface area contributed by atoms with E-state index in [2.05, 4.69) is 5.32 Å².